The van der Waals surface area contributed by atoms with Crippen LogP contribution < -0.4 is 10.6 Å². The second-order valence-corrected chi connectivity index (χ2v) is 4.78. The van der Waals surface area contributed by atoms with Gasteiger partial charge in [0, 0.05) is 5.69 Å². The van der Waals surface area contributed by atoms with Gasteiger partial charge in [-0.25, -0.2) is 0 Å². The van der Waals surface area contributed by atoms with Crippen molar-refractivity contribution in [2.45, 2.75) is 6.54 Å². The van der Waals surface area contributed by atoms with E-state index >= 15 is 0 Å². The topological polar surface area (TPSA) is 72.4 Å². The highest BCUT2D eigenvalue weighted by Gasteiger charge is 2.21. The number of hydrogen-bond acceptors (Lipinski definition) is 4. The van der Waals surface area contributed by atoms with E-state index < -0.39 is 0 Å². The van der Waals surface area contributed by atoms with Crippen LogP contribution in [0.5, 0.6) is 0 Å². The molecule has 0 aliphatic rings. The van der Waals surface area contributed by atoms with Crippen LogP contribution >= 0.6 is 0 Å². The van der Waals surface area contributed by atoms with Crippen LogP contribution in [0.2, 0.25) is 0 Å². The monoisotopic (exact) mass is 293 g/mol. The molecule has 5 heteroatoms. The number of benzene rings is 2. The maximum absolute atomic E-state index is 12.7. The molecule has 0 fully saturated rings. The lowest BCUT2D eigenvalue weighted by Crippen LogP contribution is -2.30. The zero-order chi connectivity index (χ0) is 15.4. The van der Waals surface area contributed by atoms with Gasteiger partial charge in [0.1, 0.15) is 6.26 Å². The van der Waals surface area contributed by atoms with Crippen LogP contribution in [0.1, 0.15) is 16.1 Å². The summed E-state index contributed by atoms with van der Waals surface area (Å²) in [6.07, 6.45) is 1.28. The normalized spacial score (nSPS) is 10.4. The highest BCUT2D eigenvalue weighted by atomic mass is 16.4. The van der Waals surface area contributed by atoms with E-state index in [1.54, 1.807) is 4.90 Å². The Morgan fingerprint density at radius 1 is 1.05 bits per heavy atom. The summed E-state index contributed by atoms with van der Waals surface area (Å²) in [5.74, 6) is -0.254. The summed E-state index contributed by atoms with van der Waals surface area (Å²) in [5.41, 5.74) is 7.47. The van der Waals surface area contributed by atoms with Crippen molar-refractivity contribution in [1.29, 1.82) is 0 Å². The molecule has 1 amide bonds. The van der Waals surface area contributed by atoms with Crippen molar-refractivity contribution >= 4 is 17.6 Å². The van der Waals surface area contributed by atoms with Crippen LogP contribution in [0.25, 0.3) is 0 Å². The van der Waals surface area contributed by atoms with Gasteiger partial charge in [-0.05, 0) is 17.7 Å². The molecule has 0 aliphatic carbocycles. The van der Waals surface area contributed by atoms with Crippen molar-refractivity contribution in [2.24, 2.45) is 0 Å². The number of amides is 1. The molecule has 0 saturated carbocycles. The number of oxazole rings is 1. The summed E-state index contributed by atoms with van der Waals surface area (Å²) in [5, 5.41) is 0. The summed E-state index contributed by atoms with van der Waals surface area (Å²) < 4.78 is 4.94. The van der Waals surface area contributed by atoms with Crippen molar-refractivity contribution in [2.75, 3.05) is 10.6 Å². The van der Waals surface area contributed by atoms with Crippen LogP contribution in [-0.2, 0) is 6.54 Å². The lowest BCUT2D eigenvalue weighted by molar-refractivity contribution is 0.0980. The third-order valence-corrected chi connectivity index (χ3v) is 3.24. The zero-order valence-electron chi connectivity index (χ0n) is 11.8. The highest BCUT2D eigenvalue weighted by Crippen LogP contribution is 2.20. The lowest BCUT2D eigenvalue weighted by Gasteiger charge is -2.22. The van der Waals surface area contributed by atoms with Crippen molar-refractivity contribution in [3.05, 3.63) is 78.2 Å². The number of nitrogens with two attached hydrogens (primary N) is 1. The van der Waals surface area contributed by atoms with Crippen LogP contribution in [0.4, 0.5) is 11.7 Å². The quantitative estimate of drug-likeness (QED) is 0.802. The predicted molar refractivity (Wildman–Crippen MR) is 84.3 cm³/mol. The first kappa shape index (κ1) is 13.9. The number of para-hydroxylation sites is 1. The number of nitrogen functional groups attached to an aromatic ring is 1. The SMILES string of the molecule is Nc1nc(C(=O)N(Cc2ccccc2)c2ccccc2)co1. The minimum atomic E-state index is -0.254. The van der Waals surface area contributed by atoms with E-state index in [-0.39, 0.29) is 17.6 Å². The Labute approximate surface area is 128 Å². The molecule has 0 aliphatic heterocycles. The molecule has 0 saturated heterocycles. The molecule has 3 aromatic rings. The van der Waals surface area contributed by atoms with Gasteiger partial charge < -0.3 is 15.1 Å². The van der Waals surface area contributed by atoms with Gasteiger partial charge in [-0.2, -0.15) is 4.98 Å². The van der Waals surface area contributed by atoms with Gasteiger partial charge in [0.25, 0.3) is 11.9 Å². The van der Waals surface area contributed by atoms with Crippen molar-refractivity contribution < 1.29 is 9.21 Å². The number of nitrogens with zero attached hydrogens (tertiary/aromatic N) is 2. The van der Waals surface area contributed by atoms with Crippen LogP contribution in [0.3, 0.4) is 0 Å². The smallest absolute Gasteiger partial charge is 0.292 e. The largest absolute Gasteiger partial charge is 0.431 e. The van der Waals surface area contributed by atoms with E-state index in [0.29, 0.717) is 6.54 Å². The standard InChI is InChI=1S/C17H15N3O2/c18-17-19-15(12-22-17)16(21)20(14-9-5-2-6-10-14)11-13-7-3-1-4-8-13/h1-10,12H,11H2,(H2,18,19). The summed E-state index contributed by atoms with van der Waals surface area (Å²) in [7, 11) is 0. The Hall–Kier alpha value is -3.08. The maximum atomic E-state index is 12.7. The molecular formula is C17H15N3O2. The Kier molecular flexibility index (Phi) is 3.87. The Bertz CT molecular complexity index is 754. The average molecular weight is 293 g/mol. The Balaban J connectivity index is 1.94. The van der Waals surface area contributed by atoms with Gasteiger partial charge in [0.15, 0.2) is 5.69 Å². The number of aromatic nitrogens is 1. The third-order valence-electron chi connectivity index (χ3n) is 3.24. The Morgan fingerprint density at radius 3 is 2.27 bits per heavy atom. The molecule has 3 rings (SSSR count). The summed E-state index contributed by atoms with van der Waals surface area (Å²) in [4.78, 5) is 18.3. The number of carbonyl (C=O) groups excluding carboxylic acids is 1. The van der Waals surface area contributed by atoms with Crippen LogP contribution in [0, 0.1) is 0 Å². The molecule has 0 radical (unpaired) electrons. The molecule has 5 nitrogen and oxygen atoms in total. The minimum Gasteiger partial charge on any atom is -0.431 e. The number of anilines is 2. The van der Waals surface area contributed by atoms with Gasteiger partial charge >= 0.3 is 0 Å². The van der Waals surface area contributed by atoms with E-state index in [9.17, 15) is 4.79 Å². The van der Waals surface area contributed by atoms with Crippen molar-refractivity contribution in [1.82, 2.24) is 4.98 Å². The summed E-state index contributed by atoms with van der Waals surface area (Å²) in [6.45, 7) is 0.441. The number of hydrogen-bond donors (Lipinski definition) is 1. The fraction of sp³-hybridized carbons (Fsp3) is 0.0588. The molecule has 1 aromatic heterocycles. The molecule has 110 valence electrons. The first-order chi connectivity index (χ1) is 10.7. The fourth-order valence-electron chi connectivity index (χ4n) is 2.18. The molecule has 1 heterocycles. The number of carbonyl (C=O) groups is 1. The molecule has 0 unspecified atom stereocenters. The van der Waals surface area contributed by atoms with E-state index in [4.69, 9.17) is 10.2 Å². The van der Waals surface area contributed by atoms with Gasteiger partial charge in [-0.1, -0.05) is 48.5 Å². The van der Waals surface area contributed by atoms with Gasteiger partial charge in [0.05, 0.1) is 6.54 Å². The van der Waals surface area contributed by atoms with Crippen LogP contribution in [0.15, 0.2) is 71.3 Å². The predicted octanol–water partition coefficient (Wildman–Crippen LogP) is 3.10. The van der Waals surface area contributed by atoms with E-state index in [1.807, 2.05) is 60.7 Å². The zero-order valence-corrected chi connectivity index (χ0v) is 11.8. The van der Waals surface area contributed by atoms with E-state index in [1.165, 1.54) is 6.26 Å². The second kappa shape index (κ2) is 6.13. The molecule has 0 atom stereocenters. The fourth-order valence-corrected chi connectivity index (χ4v) is 2.18. The molecular weight excluding hydrogens is 278 g/mol. The third kappa shape index (κ3) is 2.98. The molecule has 2 N–H and O–H groups in total. The van der Waals surface area contributed by atoms with Gasteiger partial charge in [-0.3, -0.25) is 4.79 Å². The highest BCUT2D eigenvalue weighted by molar-refractivity contribution is 6.04. The maximum Gasteiger partial charge on any atom is 0.292 e. The van der Waals surface area contributed by atoms with Crippen LogP contribution in [-0.4, -0.2) is 10.9 Å². The summed E-state index contributed by atoms with van der Waals surface area (Å²) >= 11 is 0. The molecule has 0 bridgehead atoms. The van der Waals surface area contributed by atoms with Crippen molar-refractivity contribution in [3.8, 4) is 0 Å². The van der Waals surface area contributed by atoms with Gasteiger partial charge in [-0.15, -0.1) is 0 Å². The van der Waals surface area contributed by atoms with Crippen molar-refractivity contribution in [3.63, 3.8) is 0 Å². The first-order valence-electron chi connectivity index (χ1n) is 6.86. The Morgan fingerprint density at radius 2 is 1.68 bits per heavy atom. The van der Waals surface area contributed by atoms with E-state index in [2.05, 4.69) is 4.98 Å². The summed E-state index contributed by atoms with van der Waals surface area (Å²) in [6, 6.07) is 19.2. The van der Waals surface area contributed by atoms with Gasteiger partial charge in [0.2, 0.25) is 0 Å². The molecule has 22 heavy (non-hydrogen) atoms. The number of rotatable bonds is 4. The average Bonchev–Trinajstić information content (AvgIpc) is 3.00. The minimum absolute atomic E-state index is 0.0175. The lowest BCUT2D eigenvalue weighted by atomic mass is 10.2. The molecule has 0 spiro atoms. The van der Waals surface area contributed by atoms with E-state index in [0.717, 1.165) is 11.3 Å². The molecule has 2 aromatic carbocycles. The second-order valence-electron chi connectivity index (χ2n) is 4.78. The first-order valence-corrected chi connectivity index (χ1v) is 6.86.